The van der Waals surface area contributed by atoms with Crippen molar-refractivity contribution in [2.45, 2.75) is 66.2 Å². The van der Waals surface area contributed by atoms with E-state index in [2.05, 4.69) is 20.8 Å². The third-order valence-electron chi connectivity index (χ3n) is 7.90. The number of ketones is 1. The molecule has 3 atom stereocenters. The maximum Gasteiger partial charge on any atom is 0.177 e. The normalized spacial score (nSPS) is 23.2. The van der Waals surface area contributed by atoms with Crippen LogP contribution in [-0.4, -0.2) is 29.2 Å². The number of allylic oxidation sites excluding steroid dienone is 2. The van der Waals surface area contributed by atoms with Crippen molar-refractivity contribution in [2.75, 3.05) is 13.2 Å². The molecule has 1 saturated carbocycles. The Labute approximate surface area is 208 Å². The molecule has 35 heavy (non-hydrogen) atoms. The largest absolute Gasteiger partial charge is 0.508 e. The fraction of sp³-hybridized carbons (Fsp3) is 0.500. The summed E-state index contributed by atoms with van der Waals surface area (Å²) in [4.78, 5) is 13.4. The Hall–Kier alpha value is -2.95. The Balaban J connectivity index is 1.51. The average molecular weight is 479 g/mol. The molecule has 2 aliphatic rings. The lowest BCUT2D eigenvalue weighted by atomic mass is 9.64. The first-order chi connectivity index (χ1) is 16.6. The van der Waals surface area contributed by atoms with Crippen LogP contribution >= 0.6 is 0 Å². The predicted molar refractivity (Wildman–Crippen MR) is 138 cm³/mol. The average Bonchev–Trinajstić information content (AvgIpc) is 2.78. The van der Waals surface area contributed by atoms with Gasteiger partial charge in [-0.15, -0.1) is 0 Å². The zero-order chi connectivity index (χ0) is 25.3. The molecular weight excluding hydrogens is 440 g/mol. The molecule has 0 radical (unpaired) electrons. The second-order valence-corrected chi connectivity index (χ2v) is 11.2. The minimum Gasteiger partial charge on any atom is -0.508 e. The Bertz CT molecular complexity index is 1130. The summed E-state index contributed by atoms with van der Waals surface area (Å²) in [7, 11) is 0. The minimum absolute atomic E-state index is 0.0392. The van der Waals surface area contributed by atoms with E-state index >= 15 is 0 Å². The summed E-state index contributed by atoms with van der Waals surface area (Å²) < 4.78 is 12.1. The molecule has 1 aliphatic carbocycles. The van der Waals surface area contributed by atoms with Gasteiger partial charge in [0.15, 0.2) is 17.3 Å². The van der Waals surface area contributed by atoms with E-state index in [0.717, 1.165) is 5.57 Å². The van der Waals surface area contributed by atoms with E-state index in [-0.39, 0.29) is 29.3 Å². The van der Waals surface area contributed by atoms with E-state index in [1.807, 2.05) is 26.0 Å². The number of rotatable bonds is 6. The minimum atomic E-state index is -0.527. The lowest BCUT2D eigenvalue weighted by molar-refractivity contribution is 0.0403. The van der Waals surface area contributed by atoms with Crippen molar-refractivity contribution in [3.63, 3.8) is 0 Å². The van der Waals surface area contributed by atoms with E-state index in [0.29, 0.717) is 53.1 Å². The zero-order valence-corrected chi connectivity index (χ0v) is 21.6. The molecule has 0 aromatic heterocycles. The second kappa shape index (κ2) is 9.96. The molecule has 1 fully saturated rings. The summed E-state index contributed by atoms with van der Waals surface area (Å²) in [6, 6.07) is 8.39. The van der Waals surface area contributed by atoms with Gasteiger partial charge in [0, 0.05) is 11.5 Å². The summed E-state index contributed by atoms with van der Waals surface area (Å²) in [6.07, 6.45) is 6.15. The number of carbonyl (C=O) groups excluding carboxylic acids is 1. The van der Waals surface area contributed by atoms with Gasteiger partial charge in [-0.3, -0.25) is 4.79 Å². The van der Waals surface area contributed by atoms with Crippen LogP contribution in [0.2, 0.25) is 0 Å². The number of phenols is 2. The molecular formula is C30H38O5. The van der Waals surface area contributed by atoms with Crippen molar-refractivity contribution in [2.24, 2.45) is 17.3 Å². The summed E-state index contributed by atoms with van der Waals surface area (Å²) in [5.41, 5.74) is 3.12. The van der Waals surface area contributed by atoms with Crippen LogP contribution < -0.4 is 9.47 Å². The molecule has 0 saturated heterocycles. The Kier molecular flexibility index (Phi) is 7.16. The van der Waals surface area contributed by atoms with Crippen molar-refractivity contribution in [3.05, 3.63) is 58.7 Å². The van der Waals surface area contributed by atoms with Crippen LogP contribution in [0.1, 0.15) is 81.3 Å². The summed E-state index contributed by atoms with van der Waals surface area (Å²) in [6.45, 7) is 11.6. The third-order valence-corrected chi connectivity index (χ3v) is 7.90. The number of benzene rings is 2. The van der Waals surface area contributed by atoms with Gasteiger partial charge >= 0.3 is 0 Å². The number of aromatic hydroxyl groups is 2. The molecule has 2 N–H and O–H groups in total. The third kappa shape index (κ3) is 5.19. The molecule has 0 bridgehead atoms. The quantitative estimate of drug-likeness (QED) is 0.446. The van der Waals surface area contributed by atoms with E-state index in [1.54, 1.807) is 24.3 Å². The predicted octanol–water partition coefficient (Wildman–Crippen LogP) is 6.81. The highest BCUT2D eigenvalue weighted by Crippen LogP contribution is 2.45. The Morgan fingerprint density at radius 3 is 2.63 bits per heavy atom. The highest BCUT2D eigenvalue weighted by Gasteiger charge is 2.37. The van der Waals surface area contributed by atoms with Crippen LogP contribution in [-0.2, 0) is 6.42 Å². The van der Waals surface area contributed by atoms with Crippen LogP contribution in [0.4, 0.5) is 0 Å². The van der Waals surface area contributed by atoms with Gasteiger partial charge in [0.1, 0.15) is 18.1 Å². The number of hydrogen-bond donors (Lipinski definition) is 2. The van der Waals surface area contributed by atoms with Gasteiger partial charge in [-0.05, 0) is 67.9 Å². The Morgan fingerprint density at radius 1 is 1.17 bits per heavy atom. The van der Waals surface area contributed by atoms with Gasteiger partial charge in [-0.1, -0.05) is 51.3 Å². The molecule has 5 heteroatoms. The van der Waals surface area contributed by atoms with Gasteiger partial charge in [0.2, 0.25) is 0 Å². The molecule has 5 nitrogen and oxygen atoms in total. The van der Waals surface area contributed by atoms with E-state index < -0.39 is 5.92 Å². The van der Waals surface area contributed by atoms with Crippen LogP contribution in [0.15, 0.2) is 42.0 Å². The number of hydrogen-bond acceptors (Lipinski definition) is 5. The van der Waals surface area contributed by atoms with E-state index in [9.17, 15) is 15.0 Å². The number of phenolic OH excluding ortho intramolecular Hbond substituents is 2. The second-order valence-electron chi connectivity index (χ2n) is 11.2. The van der Waals surface area contributed by atoms with E-state index in [4.69, 9.17) is 9.47 Å². The van der Waals surface area contributed by atoms with Gasteiger partial charge in [-0.2, -0.15) is 0 Å². The van der Waals surface area contributed by atoms with Crippen LogP contribution in [0.3, 0.4) is 0 Å². The molecule has 4 rings (SSSR count). The molecule has 0 amide bonds. The van der Waals surface area contributed by atoms with Gasteiger partial charge in [0.05, 0.1) is 18.1 Å². The van der Waals surface area contributed by atoms with Gasteiger partial charge in [0.25, 0.3) is 0 Å². The molecule has 1 aliphatic heterocycles. The van der Waals surface area contributed by atoms with E-state index in [1.165, 1.54) is 19.3 Å². The maximum atomic E-state index is 13.4. The SMILES string of the molecule is CC(C)=CCc1c(O)ccc2c1OC[C@@H](c1ccc(OC[C@@H]3[C@@H](C)CCCC3(C)C)c(O)c1)C2=O. The monoisotopic (exact) mass is 478 g/mol. The molecule has 0 unspecified atom stereocenters. The zero-order valence-electron chi connectivity index (χ0n) is 21.6. The fourth-order valence-corrected chi connectivity index (χ4v) is 5.64. The number of carbonyl (C=O) groups is 1. The van der Waals surface area contributed by atoms with Crippen molar-refractivity contribution in [1.29, 1.82) is 0 Å². The van der Waals surface area contributed by atoms with Crippen LogP contribution in [0.5, 0.6) is 23.0 Å². The maximum absolute atomic E-state index is 13.4. The van der Waals surface area contributed by atoms with Gasteiger partial charge < -0.3 is 19.7 Å². The van der Waals surface area contributed by atoms with Crippen molar-refractivity contribution < 1.29 is 24.5 Å². The lowest BCUT2D eigenvalue weighted by Gasteiger charge is -2.42. The summed E-state index contributed by atoms with van der Waals surface area (Å²) in [5.74, 6) is 1.48. The molecule has 0 spiro atoms. The van der Waals surface area contributed by atoms with Crippen LogP contribution in [0.25, 0.3) is 0 Å². The van der Waals surface area contributed by atoms with Crippen LogP contribution in [0, 0.1) is 17.3 Å². The number of Topliss-reactive ketones (excluding diaryl/α,β-unsaturated/α-hetero) is 1. The molecule has 188 valence electrons. The first-order valence-corrected chi connectivity index (χ1v) is 12.7. The van der Waals surface area contributed by atoms with Crippen molar-refractivity contribution in [3.8, 4) is 23.0 Å². The van der Waals surface area contributed by atoms with Gasteiger partial charge in [-0.25, -0.2) is 0 Å². The Morgan fingerprint density at radius 2 is 1.94 bits per heavy atom. The first-order valence-electron chi connectivity index (χ1n) is 12.7. The molecule has 2 aromatic carbocycles. The summed E-state index contributed by atoms with van der Waals surface area (Å²) >= 11 is 0. The molecule has 1 heterocycles. The standard InChI is InChI=1S/C30H38O5/c1-18(2)8-10-21-25(31)12-11-22-28(33)23(16-35-29(21)22)20-9-13-27(26(32)15-20)34-17-24-19(3)7-6-14-30(24,4)5/h8-9,11-13,15,19,23-24,31-32H,6-7,10,14,16-17H2,1-5H3/t19-,23-,24+/m0/s1. The fourth-order valence-electron chi connectivity index (χ4n) is 5.64. The first kappa shape index (κ1) is 25.2. The summed E-state index contributed by atoms with van der Waals surface area (Å²) in [5, 5.41) is 21.1. The highest BCUT2D eigenvalue weighted by molar-refractivity contribution is 6.05. The molecule has 2 aromatic rings. The smallest absolute Gasteiger partial charge is 0.177 e. The van der Waals surface area contributed by atoms with Crippen molar-refractivity contribution >= 4 is 5.78 Å². The highest BCUT2D eigenvalue weighted by atomic mass is 16.5. The number of fused-ring (bicyclic) bond motifs is 1. The van der Waals surface area contributed by atoms with Crippen molar-refractivity contribution in [1.82, 2.24) is 0 Å². The lowest BCUT2D eigenvalue weighted by Crippen LogP contribution is -2.37. The number of ether oxygens (including phenoxy) is 2. The topological polar surface area (TPSA) is 76.0 Å².